The number of amides is 1. The van der Waals surface area contributed by atoms with Gasteiger partial charge in [-0.1, -0.05) is 42.5 Å². The summed E-state index contributed by atoms with van der Waals surface area (Å²) in [6, 6.07) is 16.8. The van der Waals surface area contributed by atoms with Gasteiger partial charge < -0.3 is 23.9 Å². The van der Waals surface area contributed by atoms with Crippen LogP contribution >= 0.6 is 0 Å². The molecule has 2 aromatic carbocycles. The van der Waals surface area contributed by atoms with Gasteiger partial charge in [0, 0.05) is 19.0 Å². The molecule has 0 saturated carbocycles. The predicted octanol–water partition coefficient (Wildman–Crippen LogP) is 5.65. The van der Waals surface area contributed by atoms with E-state index in [1.165, 1.54) is 0 Å². The van der Waals surface area contributed by atoms with E-state index in [9.17, 15) is 14.7 Å². The topological polar surface area (TPSA) is 102 Å². The summed E-state index contributed by atoms with van der Waals surface area (Å²) in [4.78, 5) is 31.4. The van der Waals surface area contributed by atoms with Crippen LogP contribution in [0.3, 0.4) is 0 Å². The Hall–Kier alpha value is -3.39. The zero-order valence-corrected chi connectivity index (χ0v) is 21.8. The molecule has 1 amide bonds. The van der Waals surface area contributed by atoms with Crippen molar-refractivity contribution in [2.45, 2.75) is 64.8 Å². The van der Waals surface area contributed by atoms with Crippen molar-refractivity contribution in [3.05, 3.63) is 66.1 Å². The molecule has 1 aromatic heterocycles. The van der Waals surface area contributed by atoms with Crippen LogP contribution in [0.1, 0.15) is 64.0 Å². The molecule has 0 spiro atoms. The van der Waals surface area contributed by atoms with Gasteiger partial charge in [0.25, 0.3) is 0 Å². The Bertz CT molecular complexity index is 1140. The smallest absolute Gasteiger partial charge is 0.410 e. The molecule has 8 nitrogen and oxygen atoms in total. The highest BCUT2D eigenvalue weighted by Gasteiger charge is 2.33. The number of aliphatic hydroxyl groups is 1. The van der Waals surface area contributed by atoms with E-state index in [4.69, 9.17) is 13.9 Å². The molecule has 2 heterocycles. The summed E-state index contributed by atoms with van der Waals surface area (Å²) in [5.41, 5.74) is 1.62. The van der Waals surface area contributed by atoms with Gasteiger partial charge in [-0.2, -0.15) is 0 Å². The first kappa shape index (κ1) is 26.7. The summed E-state index contributed by atoms with van der Waals surface area (Å²) < 4.78 is 16.8. The van der Waals surface area contributed by atoms with E-state index in [2.05, 4.69) is 4.98 Å². The normalized spacial score (nSPS) is 16.4. The first-order valence-electron chi connectivity index (χ1n) is 12.9. The minimum absolute atomic E-state index is 0.0407. The van der Waals surface area contributed by atoms with Gasteiger partial charge in [0.05, 0.1) is 6.42 Å². The zero-order chi connectivity index (χ0) is 26.4. The lowest BCUT2D eigenvalue weighted by molar-refractivity contribution is -0.147. The van der Waals surface area contributed by atoms with Crippen LogP contribution in [-0.2, 0) is 20.9 Å². The molecule has 37 heavy (non-hydrogen) atoms. The van der Waals surface area contributed by atoms with Crippen LogP contribution < -0.4 is 0 Å². The number of carbonyl (C=O) groups is 2. The Balaban J connectivity index is 1.41. The van der Waals surface area contributed by atoms with E-state index in [0.29, 0.717) is 30.6 Å². The van der Waals surface area contributed by atoms with Gasteiger partial charge in [0.15, 0.2) is 5.58 Å². The van der Waals surface area contributed by atoms with Crippen molar-refractivity contribution in [3.8, 4) is 0 Å². The van der Waals surface area contributed by atoms with Crippen LogP contribution in [0, 0.1) is 11.8 Å². The van der Waals surface area contributed by atoms with Crippen LogP contribution in [0.15, 0.2) is 59.0 Å². The molecule has 1 fully saturated rings. The quantitative estimate of drug-likeness (QED) is 0.392. The minimum atomic E-state index is -1.06. The second kappa shape index (κ2) is 11.8. The van der Waals surface area contributed by atoms with Gasteiger partial charge in [-0.3, -0.25) is 4.79 Å². The van der Waals surface area contributed by atoms with E-state index in [0.717, 1.165) is 18.4 Å². The molecule has 1 aliphatic rings. The Kier molecular flexibility index (Phi) is 8.48. The summed E-state index contributed by atoms with van der Waals surface area (Å²) >= 11 is 0. The van der Waals surface area contributed by atoms with Gasteiger partial charge in [0.1, 0.15) is 23.8 Å². The third kappa shape index (κ3) is 7.55. The number of esters is 1. The molecule has 0 bridgehead atoms. The summed E-state index contributed by atoms with van der Waals surface area (Å²) in [7, 11) is 0. The molecule has 0 aliphatic carbocycles. The average Bonchev–Trinajstić information content (AvgIpc) is 3.31. The van der Waals surface area contributed by atoms with E-state index in [1.807, 2.05) is 69.3 Å². The fourth-order valence-electron chi connectivity index (χ4n) is 4.66. The van der Waals surface area contributed by atoms with Crippen molar-refractivity contribution in [1.29, 1.82) is 0 Å². The monoisotopic (exact) mass is 508 g/mol. The summed E-state index contributed by atoms with van der Waals surface area (Å²) in [5.74, 6) is -0.387. The summed E-state index contributed by atoms with van der Waals surface area (Å²) in [5, 5.41) is 11.3. The number of para-hydroxylation sites is 2. The van der Waals surface area contributed by atoms with E-state index < -0.39 is 17.6 Å². The molecule has 8 heteroatoms. The number of hydrogen-bond acceptors (Lipinski definition) is 7. The molecular weight excluding hydrogens is 472 g/mol. The maximum Gasteiger partial charge on any atom is 0.410 e. The number of hydrogen-bond donors (Lipinski definition) is 1. The Morgan fingerprint density at radius 1 is 1.08 bits per heavy atom. The van der Waals surface area contributed by atoms with Crippen LogP contribution in [0.2, 0.25) is 0 Å². The van der Waals surface area contributed by atoms with Crippen LogP contribution in [0.25, 0.3) is 11.1 Å². The predicted molar refractivity (Wildman–Crippen MR) is 138 cm³/mol. The lowest BCUT2D eigenvalue weighted by Crippen LogP contribution is -2.42. The number of piperidine rings is 1. The molecule has 3 aromatic rings. The third-order valence-electron chi connectivity index (χ3n) is 6.58. The SMILES string of the molecule is CC(C)(C)OC(=O)N1CCC(C[C@H](CC(=O)OCc2ccccc2)C(O)c2nc3ccccc3o2)CC1. The van der Waals surface area contributed by atoms with Gasteiger partial charge in [0.2, 0.25) is 5.89 Å². The number of benzene rings is 2. The Labute approximate surface area is 217 Å². The van der Waals surface area contributed by atoms with Crippen LogP contribution in [-0.4, -0.2) is 45.7 Å². The van der Waals surface area contributed by atoms with Crippen molar-refractivity contribution >= 4 is 23.2 Å². The number of oxazole rings is 1. The molecule has 1 saturated heterocycles. The Morgan fingerprint density at radius 3 is 2.43 bits per heavy atom. The van der Waals surface area contributed by atoms with Crippen LogP contribution in [0.5, 0.6) is 0 Å². The number of likely N-dealkylation sites (tertiary alicyclic amines) is 1. The summed E-state index contributed by atoms with van der Waals surface area (Å²) in [6.45, 7) is 6.89. The number of aliphatic hydroxyl groups excluding tert-OH is 1. The maximum absolute atomic E-state index is 12.8. The molecule has 4 rings (SSSR count). The third-order valence-corrected chi connectivity index (χ3v) is 6.58. The highest BCUT2D eigenvalue weighted by atomic mass is 16.6. The standard InChI is InChI=1S/C29H36N2O6/c1-29(2,3)37-28(34)31-15-13-20(14-16-31)17-22(18-25(32)35-19-21-9-5-4-6-10-21)26(33)27-30-23-11-7-8-12-24(23)36-27/h4-12,20,22,26,33H,13-19H2,1-3H3/t22-,26?/m1/s1. The Morgan fingerprint density at radius 2 is 1.76 bits per heavy atom. The molecule has 2 atom stereocenters. The lowest BCUT2D eigenvalue weighted by atomic mass is 9.83. The molecular formula is C29H36N2O6. The number of rotatable bonds is 8. The number of aromatic nitrogens is 1. The van der Waals surface area contributed by atoms with E-state index in [1.54, 1.807) is 11.0 Å². The molecule has 1 N–H and O–H groups in total. The molecule has 1 aliphatic heterocycles. The van der Waals surface area contributed by atoms with Gasteiger partial charge in [-0.05, 0) is 63.6 Å². The molecule has 1 unspecified atom stereocenters. The number of carbonyl (C=O) groups excluding carboxylic acids is 2. The first-order chi connectivity index (χ1) is 17.7. The fraction of sp³-hybridized carbons (Fsp3) is 0.483. The highest BCUT2D eigenvalue weighted by Crippen LogP contribution is 2.35. The molecule has 0 radical (unpaired) electrons. The number of ether oxygens (including phenoxy) is 2. The summed E-state index contributed by atoms with van der Waals surface area (Å²) in [6.07, 6.45) is 0.783. The lowest BCUT2D eigenvalue weighted by Gasteiger charge is -2.35. The second-order valence-electron chi connectivity index (χ2n) is 10.7. The highest BCUT2D eigenvalue weighted by molar-refractivity contribution is 5.72. The average molecular weight is 509 g/mol. The van der Waals surface area contributed by atoms with Gasteiger partial charge >= 0.3 is 12.1 Å². The van der Waals surface area contributed by atoms with E-state index in [-0.39, 0.29) is 36.9 Å². The maximum atomic E-state index is 12.8. The second-order valence-corrected chi connectivity index (χ2v) is 10.7. The minimum Gasteiger partial charge on any atom is -0.461 e. The van der Waals surface area contributed by atoms with Crippen molar-refractivity contribution in [1.82, 2.24) is 9.88 Å². The molecule has 198 valence electrons. The van der Waals surface area contributed by atoms with Crippen molar-refractivity contribution in [3.63, 3.8) is 0 Å². The fourth-order valence-corrected chi connectivity index (χ4v) is 4.66. The first-order valence-corrected chi connectivity index (χ1v) is 12.9. The van der Waals surface area contributed by atoms with Crippen molar-refractivity contribution in [2.24, 2.45) is 11.8 Å². The van der Waals surface area contributed by atoms with Gasteiger partial charge in [-0.25, -0.2) is 9.78 Å². The van der Waals surface area contributed by atoms with Crippen molar-refractivity contribution in [2.75, 3.05) is 13.1 Å². The van der Waals surface area contributed by atoms with E-state index >= 15 is 0 Å². The number of fused-ring (bicyclic) bond motifs is 1. The van der Waals surface area contributed by atoms with Crippen LogP contribution in [0.4, 0.5) is 4.79 Å². The zero-order valence-electron chi connectivity index (χ0n) is 21.8. The van der Waals surface area contributed by atoms with Crippen molar-refractivity contribution < 1.29 is 28.6 Å². The largest absolute Gasteiger partial charge is 0.461 e. The van der Waals surface area contributed by atoms with Gasteiger partial charge in [-0.15, -0.1) is 0 Å². The number of nitrogens with zero attached hydrogens (tertiary/aromatic N) is 2.